The SMILES string of the molecule is CC(C)CNCCCCCN(C)C1CCN(C)CC1. The molecule has 0 amide bonds. The second-order valence-corrected chi connectivity index (χ2v) is 6.67. The van der Waals surface area contributed by atoms with Gasteiger partial charge in [0.25, 0.3) is 0 Å². The molecule has 0 aromatic rings. The van der Waals surface area contributed by atoms with Crippen LogP contribution < -0.4 is 5.32 Å². The topological polar surface area (TPSA) is 18.5 Å². The molecule has 3 heteroatoms. The van der Waals surface area contributed by atoms with E-state index in [0.717, 1.165) is 18.5 Å². The van der Waals surface area contributed by atoms with Gasteiger partial charge in [0.05, 0.1) is 0 Å². The normalized spacial score (nSPS) is 18.6. The van der Waals surface area contributed by atoms with Crippen molar-refractivity contribution in [3.63, 3.8) is 0 Å². The van der Waals surface area contributed by atoms with E-state index in [1.165, 1.54) is 58.3 Å². The van der Waals surface area contributed by atoms with Gasteiger partial charge in [-0.2, -0.15) is 0 Å². The number of piperidine rings is 1. The lowest BCUT2D eigenvalue weighted by atomic mass is 10.0. The van der Waals surface area contributed by atoms with E-state index < -0.39 is 0 Å². The van der Waals surface area contributed by atoms with E-state index in [-0.39, 0.29) is 0 Å². The summed E-state index contributed by atoms with van der Waals surface area (Å²) in [5.41, 5.74) is 0. The molecule has 1 aliphatic heterocycles. The molecule has 19 heavy (non-hydrogen) atoms. The first-order valence-electron chi connectivity index (χ1n) is 8.19. The van der Waals surface area contributed by atoms with Crippen LogP contribution in [0.1, 0.15) is 46.0 Å². The standard InChI is InChI=1S/C16H35N3/c1-15(2)14-17-10-6-5-7-11-19(4)16-8-12-18(3)13-9-16/h15-17H,5-14H2,1-4H3. The van der Waals surface area contributed by atoms with Crippen LogP contribution in [0.2, 0.25) is 0 Å². The predicted octanol–water partition coefficient (Wildman–Crippen LogP) is 2.43. The molecule has 114 valence electrons. The molecular formula is C16H35N3. The van der Waals surface area contributed by atoms with Crippen molar-refractivity contribution in [1.29, 1.82) is 0 Å². The minimum absolute atomic E-state index is 0.774. The van der Waals surface area contributed by atoms with E-state index >= 15 is 0 Å². The summed E-state index contributed by atoms with van der Waals surface area (Å²) in [4.78, 5) is 5.04. The van der Waals surface area contributed by atoms with Gasteiger partial charge in [-0.05, 0) is 78.4 Å². The summed E-state index contributed by atoms with van der Waals surface area (Å²) in [5, 5.41) is 3.52. The van der Waals surface area contributed by atoms with Crippen molar-refractivity contribution in [2.75, 3.05) is 46.8 Å². The van der Waals surface area contributed by atoms with Crippen LogP contribution in [0.15, 0.2) is 0 Å². The predicted molar refractivity (Wildman–Crippen MR) is 84.7 cm³/mol. The lowest BCUT2D eigenvalue weighted by Gasteiger charge is -2.35. The Labute approximate surface area is 120 Å². The molecule has 0 aliphatic carbocycles. The summed E-state index contributed by atoms with van der Waals surface area (Å²) in [6.45, 7) is 10.7. The minimum atomic E-state index is 0.774. The molecule has 0 unspecified atom stereocenters. The van der Waals surface area contributed by atoms with Gasteiger partial charge in [-0.15, -0.1) is 0 Å². The molecule has 1 fully saturated rings. The zero-order chi connectivity index (χ0) is 14.1. The van der Waals surface area contributed by atoms with Gasteiger partial charge in [0.15, 0.2) is 0 Å². The average Bonchev–Trinajstić information content (AvgIpc) is 2.38. The highest BCUT2D eigenvalue weighted by atomic mass is 15.2. The monoisotopic (exact) mass is 269 g/mol. The Bertz CT molecular complexity index is 210. The fraction of sp³-hybridized carbons (Fsp3) is 1.00. The second-order valence-electron chi connectivity index (χ2n) is 6.67. The van der Waals surface area contributed by atoms with E-state index in [9.17, 15) is 0 Å². The molecular weight excluding hydrogens is 234 g/mol. The number of unbranched alkanes of at least 4 members (excludes halogenated alkanes) is 2. The van der Waals surface area contributed by atoms with E-state index in [0.29, 0.717) is 0 Å². The number of rotatable bonds is 9. The Hall–Kier alpha value is -0.120. The molecule has 1 saturated heterocycles. The van der Waals surface area contributed by atoms with Gasteiger partial charge in [-0.25, -0.2) is 0 Å². The first-order chi connectivity index (χ1) is 9.09. The molecule has 3 nitrogen and oxygen atoms in total. The third kappa shape index (κ3) is 7.91. The molecule has 0 aromatic carbocycles. The fourth-order valence-corrected chi connectivity index (χ4v) is 2.80. The van der Waals surface area contributed by atoms with Gasteiger partial charge in [-0.3, -0.25) is 0 Å². The van der Waals surface area contributed by atoms with Crippen LogP contribution in [0.25, 0.3) is 0 Å². The summed E-state index contributed by atoms with van der Waals surface area (Å²) >= 11 is 0. The maximum Gasteiger partial charge on any atom is 0.0117 e. The zero-order valence-corrected chi connectivity index (χ0v) is 13.6. The van der Waals surface area contributed by atoms with E-state index in [4.69, 9.17) is 0 Å². The maximum atomic E-state index is 3.52. The highest BCUT2D eigenvalue weighted by molar-refractivity contribution is 4.76. The third-order valence-corrected chi connectivity index (χ3v) is 4.23. The second kappa shape index (κ2) is 9.73. The molecule has 1 heterocycles. The van der Waals surface area contributed by atoms with Crippen LogP contribution in [0.3, 0.4) is 0 Å². The van der Waals surface area contributed by atoms with Crippen LogP contribution in [-0.2, 0) is 0 Å². The maximum absolute atomic E-state index is 3.52. The number of nitrogens with zero attached hydrogens (tertiary/aromatic N) is 2. The van der Waals surface area contributed by atoms with E-state index in [2.05, 4.69) is 43.1 Å². The zero-order valence-electron chi connectivity index (χ0n) is 13.6. The Kier molecular flexibility index (Phi) is 8.67. The highest BCUT2D eigenvalue weighted by Crippen LogP contribution is 2.14. The van der Waals surface area contributed by atoms with Crippen molar-refractivity contribution in [2.45, 2.75) is 52.0 Å². The van der Waals surface area contributed by atoms with E-state index in [1.807, 2.05) is 0 Å². The smallest absolute Gasteiger partial charge is 0.0117 e. The van der Waals surface area contributed by atoms with Crippen LogP contribution in [0.5, 0.6) is 0 Å². The summed E-state index contributed by atoms with van der Waals surface area (Å²) in [6, 6.07) is 0.829. The fourth-order valence-electron chi connectivity index (χ4n) is 2.80. The van der Waals surface area contributed by atoms with Crippen LogP contribution >= 0.6 is 0 Å². The Balaban J connectivity index is 1.94. The number of hydrogen-bond donors (Lipinski definition) is 1. The van der Waals surface area contributed by atoms with Crippen molar-refractivity contribution in [3.8, 4) is 0 Å². The van der Waals surface area contributed by atoms with Crippen molar-refractivity contribution in [3.05, 3.63) is 0 Å². The molecule has 0 bridgehead atoms. The summed E-state index contributed by atoms with van der Waals surface area (Å²) in [5.74, 6) is 0.774. The van der Waals surface area contributed by atoms with Crippen molar-refractivity contribution in [1.82, 2.24) is 15.1 Å². The lowest BCUT2D eigenvalue weighted by molar-refractivity contribution is 0.142. The quantitative estimate of drug-likeness (QED) is 0.649. The van der Waals surface area contributed by atoms with Crippen LogP contribution in [0.4, 0.5) is 0 Å². The molecule has 0 aromatic heterocycles. The molecule has 1 rings (SSSR count). The third-order valence-electron chi connectivity index (χ3n) is 4.23. The summed E-state index contributed by atoms with van der Waals surface area (Å²) in [7, 11) is 4.55. The summed E-state index contributed by atoms with van der Waals surface area (Å²) in [6.07, 6.45) is 6.74. The van der Waals surface area contributed by atoms with Gasteiger partial charge in [0.2, 0.25) is 0 Å². The van der Waals surface area contributed by atoms with E-state index in [1.54, 1.807) is 0 Å². The molecule has 1 aliphatic rings. The average molecular weight is 269 g/mol. The van der Waals surface area contributed by atoms with Crippen molar-refractivity contribution >= 4 is 0 Å². The molecule has 0 saturated carbocycles. The Morgan fingerprint density at radius 2 is 1.84 bits per heavy atom. The molecule has 0 spiro atoms. The number of likely N-dealkylation sites (tertiary alicyclic amines) is 1. The number of hydrogen-bond acceptors (Lipinski definition) is 3. The summed E-state index contributed by atoms with van der Waals surface area (Å²) < 4.78 is 0. The van der Waals surface area contributed by atoms with Crippen LogP contribution in [-0.4, -0.2) is 62.7 Å². The van der Waals surface area contributed by atoms with Crippen molar-refractivity contribution in [2.24, 2.45) is 5.92 Å². The van der Waals surface area contributed by atoms with Gasteiger partial charge >= 0.3 is 0 Å². The van der Waals surface area contributed by atoms with Crippen molar-refractivity contribution < 1.29 is 0 Å². The first kappa shape index (κ1) is 16.9. The first-order valence-corrected chi connectivity index (χ1v) is 8.19. The number of nitrogens with one attached hydrogen (secondary N) is 1. The molecule has 0 radical (unpaired) electrons. The molecule has 0 atom stereocenters. The Morgan fingerprint density at radius 3 is 2.47 bits per heavy atom. The van der Waals surface area contributed by atoms with Gasteiger partial charge < -0.3 is 15.1 Å². The lowest BCUT2D eigenvalue weighted by Crippen LogP contribution is -2.42. The van der Waals surface area contributed by atoms with Crippen LogP contribution in [0, 0.1) is 5.92 Å². The van der Waals surface area contributed by atoms with Gasteiger partial charge in [0.1, 0.15) is 0 Å². The Morgan fingerprint density at radius 1 is 1.16 bits per heavy atom. The van der Waals surface area contributed by atoms with Gasteiger partial charge in [-0.1, -0.05) is 20.3 Å². The highest BCUT2D eigenvalue weighted by Gasteiger charge is 2.19. The minimum Gasteiger partial charge on any atom is -0.316 e. The largest absolute Gasteiger partial charge is 0.316 e. The molecule has 1 N–H and O–H groups in total. The van der Waals surface area contributed by atoms with Gasteiger partial charge in [0, 0.05) is 6.04 Å².